The third-order valence-corrected chi connectivity index (χ3v) is 6.77. The standard InChI is InChI=1S/C22H25FN4O2/c1-2-19(28)27-11-14-10-26(22(29)20-16-7-4-8-18(16)24-25-20)12-17(14)21(27)13-5-3-6-15(23)9-13/h3,5-6,9,14,17,21H,2,4,7-8,10-12H2,1H3,(H,24,25)/t14-,17-,21+/m0/s1. The molecule has 152 valence electrons. The molecule has 0 spiro atoms. The second-order valence-electron chi connectivity index (χ2n) is 8.42. The van der Waals surface area contributed by atoms with Crippen LogP contribution in [0.2, 0.25) is 0 Å². The summed E-state index contributed by atoms with van der Waals surface area (Å²) in [5.74, 6) is 0.0765. The molecule has 0 bridgehead atoms. The highest BCUT2D eigenvalue weighted by molar-refractivity contribution is 5.94. The summed E-state index contributed by atoms with van der Waals surface area (Å²) in [4.78, 5) is 29.5. The first-order chi connectivity index (χ1) is 14.1. The second-order valence-corrected chi connectivity index (χ2v) is 8.42. The highest BCUT2D eigenvalue weighted by Crippen LogP contribution is 2.45. The maximum Gasteiger partial charge on any atom is 0.274 e. The summed E-state index contributed by atoms with van der Waals surface area (Å²) in [6.45, 7) is 3.65. The Bertz CT molecular complexity index is 971. The minimum Gasteiger partial charge on any atom is -0.337 e. The molecule has 7 heteroatoms. The number of halogens is 1. The average Bonchev–Trinajstić information content (AvgIpc) is 3.45. The Labute approximate surface area is 169 Å². The Morgan fingerprint density at radius 3 is 2.90 bits per heavy atom. The minimum absolute atomic E-state index is 0.0230. The topological polar surface area (TPSA) is 69.3 Å². The molecule has 3 aliphatic rings. The van der Waals surface area contributed by atoms with E-state index in [4.69, 9.17) is 0 Å². The molecule has 2 fully saturated rings. The lowest BCUT2D eigenvalue weighted by Crippen LogP contribution is -2.37. The lowest BCUT2D eigenvalue weighted by atomic mass is 9.89. The number of benzene rings is 1. The highest BCUT2D eigenvalue weighted by atomic mass is 19.1. The molecule has 2 saturated heterocycles. The predicted molar refractivity (Wildman–Crippen MR) is 105 cm³/mol. The van der Waals surface area contributed by atoms with Crippen molar-refractivity contribution in [2.75, 3.05) is 19.6 Å². The summed E-state index contributed by atoms with van der Waals surface area (Å²) in [7, 11) is 0. The van der Waals surface area contributed by atoms with Crippen molar-refractivity contribution in [2.45, 2.75) is 38.6 Å². The van der Waals surface area contributed by atoms with Crippen molar-refractivity contribution in [1.82, 2.24) is 20.0 Å². The van der Waals surface area contributed by atoms with Gasteiger partial charge in [-0.25, -0.2) is 4.39 Å². The van der Waals surface area contributed by atoms with Crippen LogP contribution >= 0.6 is 0 Å². The summed E-state index contributed by atoms with van der Waals surface area (Å²) in [5, 5.41) is 7.31. The number of hydrogen-bond acceptors (Lipinski definition) is 3. The molecule has 5 rings (SSSR count). The van der Waals surface area contributed by atoms with E-state index in [-0.39, 0.29) is 35.5 Å². The number of nitrogens with zero attached hydrogens (tertiary/aromatic N) is 3. The van der Waals surface area contributed by atoms with Crippen LogP contribution in [0.25, 0.3) is 0 Å². The van der Waals surface area contributed by atoms with Crippen LogP contribution in [0, 0.1) is 17.7 Å². The number of fused-ring (bicyclic) bond motifs is 2. The third-order valence-electron chi connectivity index (χ3n) is 6.77. The van der Waals surface area contributed by atoms with Gasteiger partial charge in [0, 0.05) is 49.1 Å². The van der Waals surface area contributed by atoms with Gasteiger partial charge in [-0.15, -0.1) is 0 Å². The van der Waals surface area contributed by atoms with Crippen molar-refractivity contribution >= 4 is 11.8 Å². The number of carbonyl (C=O) groups excluding carboxylic acids is 2. The predicted octanol–water partition coefficient (Wildman–Crippen LogP) is 2.72. The zero-order valence-electron chi connectivity index (χ0n) is 16.5. The van der Waals surface area contributed by atoms with Crippen molar-refractivity contribution in [3.63, 3.8) is 0 Å². The van der Waals surface area contributed by atoms with Crippen LogP contribution in [0.4, 0.5) is 4.39 Å². The smallest absolute Gasteiger partial charge is 0.274 e. The number of carbonyl (C=O) groups is 2. The average molecular weight is 396 g/mol. The van der Waals surface area contributed by atoms with Crippen LogP contribution in [-0.2, 0) is 17.6 Å². The monoisotopic (exact) mass is 396 g/mol. The lowest BCUT2D eigenvalue weighted by Gasteiger charge is -2.30. The Balaban J connectivity index is 1.42. The van der Waals surface area contributed by atoms with Gasteiger partial charge in [0.1, 0.15) is 5.82 Å². The number of likely N-dealkylation sites (tertiary alicyclic amines) is 2. The summed E-state index contributed by atoms with van der Waals surface area (Å²) in [6.07, 6.45) is 3.34. The Kier molecular flexibility index (Phi) is 4.41. The molecule has 2 aromatic rings. The van der Waals surface area contributed by atoms with Gasteiger partial charge in [0.25, 0.3) is 5.91 Å². The lowest BCUT2D eigenvalue weighted by molar-refractivity contribution is -0.132. The second kappa shape index (κ2) is 6.97. The van der Waals surface area contributed by atoms with Crippen molar-refractivity contribution in [3.8, 4) is 0 Å². The van der Waals surface area contributed by atoms with Crippen molar-refractivity contribution in [3.05, 3.63) is 52.6 Å². The largest absolute Gasteiger partial charge is 0.337 e. The molecule has 1 aliphatic carbocycles. The zero-order valence-corrected chi connectivity index (χ0v) is 16.5. The Morgan fingerprint density at radius 1 is 1.24 bits per heavy atom. The Morgan fingerprint density at radius 2 is 2.10 bits per heavy atom. The number of nitrogens with one attached hydrogen (secondary N) is 1. The maximum absolute atomic E-state index is 13.9. The van der Waals surface area contributed by atoms with Gasteiger partial charge in [0.05, 0.1) is 6.04 Å². The molecule has 3 atom stereocenters. The van der Waals surface area contributed by atoms with Gasteiger partial charge in [0.15, 0.2) is 5.69 Å². The molecular formula is C22H25FN4O2. The fourth-order valence-corrected chi connectivity index (χ4v) is 5.43. The fourth-order valence-electron chi connectivity index (χ4n) is 5.43. The molecule has 0 saturated carbocycles. The maximum atomic E-state index is 13.9. The number of aromatic amines is 1. The van der Waals surface area contributed by atoms with Crippen LogP contribution in [0.1, 0.15) is 53.1 Å². The number of aromatic nitrogens is 2. The van der Waals surface area contributed by atoms with Gasteiger partial charge in [-0.3, -0.25) is 14.7 Å². The van der Waals surface area contributed by atoms with E-state index >= 15 is 0 Å². The summed E-state index contributed by atoms with van der Waals surface area (Å²) >= 11 is 0. The first kappa shape index (κ1) is 18.3. The SMILES string of the molecule is CCC(=O)N1C[C@@H]2CN(C(=O)c3n[nH]c4c3CCC4)C[C@@H]2[C@H]1c1cccc(F)c1. The first-order valence-corrected chi connectivity index (χ1v) is 10.5. The first-order valence-electron chi connectivity index (χ1n) is 10.5. The molecule has 2 amide bonds. The molecule has 3 heterocycles. The van der Waals surface area contributed by atoms with Crippen molar-refractivity contribution < 1.29 is 14.0 Å². The van der Waals surface area contributed by atoms with E-state index in [1.807, 2.05) is 22.8 Å². The van der Waals surface area contributed by atoms with E-state index in [1.54, 1.807) is 6.07 Å². The molecule has 1 aromatic carbocycles. The van der Waals surface area contributed by atoms with Gasteiger partial charge in [0.2, 0.25) is 5.91 Å². The normalized spacial score (nSPS) is 25.4. The fraction of sp³-hybridized carbons (Fsp3) is 0.500. The number of H-pyrrole nitrogens is 1. The van der Waals surface area contributed by atoms with Crippen LogP contribution in [0.3, 0.4) is 0 Å². The highest BCUT2D eigenvalue weighted by Gasteiger charge is 2.50. The van der Waals surface area contributed by atoms with Crippen LogP contribution in [0.5, 0.6) is 0 Å². The van der Waals surface area contributed by atoms with Crippen molar-refractivity contribution in [2.24, 2.45) is 11.8 Å². The van der Waals surface area contributed by atoms with Crippen LogP contribution in [-0.4, -0.2) is 51.4 Å². The van der Waals surface area contributed by atoms with Gasteiger partial charge in [-0.1, -0.05) is 19.1 Å². The van der Waals surface area contributed by atoms with Gasteiger partial charge >= 0.3 is 0 Å². The number of amides is 2. The van der Waals surface area contributed by atoms with E-state index in [1.165, 1.54) is 12.1 Å². The van der Waals surface area contributed by atoms with E-state index in [0.717, 1.165) is 36.1 Å². The zero-order chi connectivity index (χ0) is 20.1. The van der Waals surface area contributed by atoms with E-state index in [0.29, 0.717) is 31.7 Å². The van der Waals surface area contributed by atoms with E-state index in [2.05, 4.69) is 10.2 Å². The minimum atomic E-state index is -0.298. The molecule has 6 nitrogen and oxygen atoms in total. The summed E-state index contributed by atoms with van der Waals surface area (Å²) in [5.41, 5.74) is 3.53. The third kappa shape index (κ3) is 2.94. The Hall–Kier alpha value is -2.70. The van der Waals surface area contributed by atoms with Crippen LogP contribution < -0.4 is 0 Å². The summed E-state index contributed by atoms with van der Waals surface area (Å²) < 4.78 is 13.9. The molecule has 0 unspecified atom stereocenters. The molecule has 1 aromatic heterocycles. The molecule has 2 aliphatic heterocycles. The van der Waals surface area contributed by atoms with Crippen LogP contribution in [0.15, 0.2) is 24.3 Å². The van der Waals surface area contributed by atoms with E-state index < -0.39 is 0 Å². The summed E-state index contributed by atoms with van der Waals surface area (Å²) in [6, 6.07) is 6.33. The van der Waals surface area contributed by atoms with Gasteiger partial charge < -0.3 is 9.80 Å². The quantitative estimate of drug-likeness (QED) is 0.867. The number of hydrogen-bond donors (Lipinski definition) is 1. The molecule has 29 heavy (non-hydrogen) atoms. The molecule has 0 radical (unpaired) electrons. The van der Waals surface area contributed by atoms with Gasteiger partial charge in [-0.2, -0.15) is 5.10 Å². The molecule has 1 N–H and O–H groups in total. The van der Waals surface area contributed by atoms with Crippen molar-refractivity contribution in [1.29, 1.82) is 0 Å². The van der Waals surface area contributed by atoms with E-state index in [9.17, 15) is 14.0 Å². The number of aryl methyl sites for hydroxylation is 1. The van der Waals surface area contributed by atoms with Gasteiger partial charge in [-0.05, 0) is 37.0 Å². The molecular weight excluding hydrogens is 371 g/mol. The number of rotatable bonds is 3.